The molecule has 84 valence electrons. The molecule has 2 rings (SSSR count). The van der Waals surface area contributed by atoms with E-state index in [9.17, 15) is 0 Å². The number of hydrogen-bond donors (Lipinski definition) is 0. The molecule has 0 nitrogen and oxygen atoms in total. The number of rotatable bonds is 2. The van der Waals surface area contributed by atoms with E-state index in [-0.39, 0.29) is 0 Å². The lowest BCUT2D eigenvalue weighted by Gasteiger charge is -2.45. The Morgan fingerprint density at radius 3 is 2.62 bits per heavy atom. The predicted octanol–water partition coefficient (Wildman–Crippen LogP) is 4.67. The molecule has 0 radical (unpaired) electrons. The monoisotopic (exact) mass is 276 g/mol. The lowest BCUT2D eigenvalue weighted by atomic mass is 9.60. The van der Waals surface area contributed by atoms with Gasteiger partial charge < -0.3 is 0 Å². The summed E-state index contributed by atoms with van der Waals surface area (Å²) in [6.45, 7) is 4.62. The van der Waals surface area contributed by atoms with Crippen molar-refractivity contribution in [1.82, 2.24) is 0 Å². The summed E-state index contributed by atoms with van der Waals surface area (Å²) in [5, 5.41) is 1.09. The molecule has 0 N–H and O–H groups in total. The molecule has 1 atom stereocenters. The zero-order valence-electron chi connectivity index (χ0n) is 9.83. The molecule has 1 aromatic rings. The Morgan fingerprint density at radius 1 is 1.38 bits per heavy atom. The van der Waals surface area contributed by atoms with E-state index in [0.717, 1.165) is 11.2 Å². The van der Waals surface area contributed by atoms with Gasteiger partial charge in [-0.05, 0) is 35.0 Å². The molecule has 1 unspecified atom stereocenters. The van der Waals surface area contributed by atoms with E-state index in [0.29, 0.717) is 5.41 Å². The Kier molecular flexibility index (Phi) is 3.37. The van der Waals surface area contributed by atoms with E-state index >= 15 is 0 Å². The topological polar surface area (TPSA) is 0 Å². The molecule has 1 aromatic carbocycles. The van der Waals surface area contributed by atoms with Crippen LogP contribution in [0.2, 0.25) is 0 Å². The molecule has 16 heavy (non-hydrogen) atoms. The average Bonchev–Trinajstić information content (AvgIpc) is 2.29. The van der Waals surface area contributed by atoms with Gasteiger partial charge >= 0.3 is 0 Å². The minimum absolute atomic E-state index is 0.314. The van der Waals surface area contributed by atoms with Gasteiger partial charge in [0.1, 0.15) is 0 Å². The molecule has 0 aliphatic heterocycles. The van der Waals surface area contributed by atoms with Gasteiger partial charge in [-0.15, -0.1) is 5.73 Å². The Labute approximate surface area is 106 Å². The molecule has 1 aliphatic rings. The minimum atomic E-state index is 0.314. The van der Waals surface area contributed by atoms with Crippen LogP contribution in [0.15, 0.2) is 41.6 Å². The van der Waals surface area contributed by atoms with Gasteiger partial charge in [-0.1, -0.05) is 60.1 Å². The fourth-order valence-electron chi connectivity index (χ4n) is 2.09. The summed E-state index contributed by atoms with van der Waals surface area (Å²) in [7, 11) is 0. The molecule has 0 aromatic heterocycles. The lowest BCUT2D eigenvalue weighted by Crippen LogP contribution is -2.38. The Morgan fingerprint density at radius 2 is 2.06 bits per heavy atom. The first kappa shape index (κ1) is 11.7. The van der Waals surface area contributed by atoms with E-state index in [1.807, 2.05) is 6.07 Å². The molecule has 0 saturated heterocycles. The van der Waals surface area contributed by atoms with E-state index < -0.39 is 0 Å². The standard InChI is InChI=1S/C15H17Br/c1-15(2)13(10-14(15)11-16)9-8-12-6-4-3-5-7-12/h3-8,14H,10-11H2,1-2H3. The van der Waals surface area contributed by atoms with Crippen molar-refractivity contribution in [2.75, 3.05) is 5.33 Å². The first-order valence-corrected chi connectivity index (χ1v) is 6.84. The van der Waals surface area contributed by atoms with Crippen LogP contribution in [-0.4, -0.2) is 5.33 Å². The van der Waals surface area contributed by atoms with Crippen LogP contribution in [0, 0.1) is 11.3 Å². The van der Waals surface area contributed by atoms with Crippen molar-refractivity contribution in [3.05, 3.63) is 47.2 Å². The quantitative estimate of drug-likeness (QED) is 0.544. The molecule has 0 spiro atoms. The third-order valence-corrected chi connectivity index (χ3v) is 4.43. The van der Waals surface area contributed by atoms with Crippen molar-refractivity contribution in [3.63, 3.8) is 0 Å². The van der Waals surface area contributed by atoms with E-state index in [1.165, 1.54) is 17.6 Å². The molecule has 1 fully saturated rings. The first-order valence-electron chi connectivity index (χ1n) is 5.71. The van der Waals surface area contributed by atoms with Crippen molar-refractivity contribution in [1.29, 1.82) is 0 Å². The largest absolute Gasteiger partial charge is 0.121 e. The van der Waals surface area contributed by atoms with Crippen LogP contribution in [0.5, 0.6) is 0 Å². The second-order valence-corrected chi connectivity index (χ2v) is 5.60. The number of halogens is 1. The van der Waals surface area contributed by atoms with Crippen LogP contribution in [0.4, 0.5) is 0 Å². The van der Waals surface area contributed by atoms with Crippen LogP contribution in [0.1, 0.15) is 25.8 Å². The summed E-state index contributed by atoms with van der Waals surface area (Å²) in [5.74, 6) is 0.763. The third kappa shape index (κ3) is 2.16. The van der Waals surface area contributed by atoms with Crippen molar-refractivity contribution in [2.24, 2.45) is 11.3 Å². The highest BCUT2D eigenvalue weighted by molar-refractivity contribution is 9.09. The van der Waals surface area contributed by atoms with Crippen molar-refractivity contribution in [2.45, 2.75) is 20.3 Å². The van der Waals surface area contributed by atoms with E-state index in [2.05, 4.69) is 65.9 Å². The van der Waals surface area contributed by atoms with Crippen molar-refractivity contribution in [3.8, 4) is 0 Å². The van der Waals surface area contributed by atoms with E-state index in [1.54, 1.807) is 0 Å². The average molecular weight is 277 g/mol. The molecule has 1 heteroatoms. The molecule has 0 bridgehead atoms. The SMILES string of the molecule is CC1(C)C(=C=Cc2ccccc2)CC1CBr. The van der Waals surface area contributed by atoms with Gasteiger partial charge in [-0.3, -0.25) is 0 Å². The van der Waals surface area contributed by atoms with Crippen LogP contribution < -0.4 is 0 Å². The summed E-state index contributed by atoms with van der Waals surface area (Å²) >= 11 is 3.57. The van der Waals surface area contributed by atoms with Gasteiger partial charge in [0.05, 0.1) is 0 Å². The summed E-state index contributed by atoms with van der Waals surface area (Å²) in [6.07, 6.45) is 3.28. The maximum Gasteiger partial charge on any atom is 0.00713 e. The van der Waals surface area contributed by atoms with Crippen LogP contribution in [0.25, 0.3) is 6.08 Å². The van der Waals surface area contributed by atoms with Gasteiger partial charge in [0, 0.05) is 5.33 Å². The van der Waals surface area contributed by atoms with Crippen LogP contribution in [-0.2, 0) is 0 Å². The summed E-state index contributed by atoms with van der Waals surface area (Å²) in [5.41, 5.74) is 6.45. The Bertz CT molecular complexity index is 422. The first-order chi connectivity index (χ1) is 7.64. The van der Waals surface area contributed by atoms with Gasteiger partial charge in [-0.2, -0.15) is 0 Å². The Hall–Kier alpha value is -0.780. The zero-order valence-corrected chi connectivity index (χ0v) is 11.4. The molecule has 1 saturated carbocycles. The van der Waals surface area contributed by atoms with E-state index in [4.69, 9.17) is 0 Å². The van der Waals surface area contributed by atoms with Gasteiger partial charge in [0.25, 0.3) is 0 Å². The highest BCUT2D eigenvalue weighted by Gasteiger charge is 2.42. The Balaban J connectivity index is 2.19. The zero-order chi connectivity index (χ0) is 11.6. The number of allylic oxidation sites excluding steroid dienone is 1. The molecule has 0 heterocycles. The highest BCUT2D eigenvalue weighted by atomic mass is 79.9. The lowest BCUT2D eigenvalue weighted by molar-refractivity contribution is 0.194. The second kappa shape index (κ2) is 4.61. The number of hydrogen-bond acceptors (Lipinski definition) is 0. The maximum absolute atomic E-state index is 3.57. The number of benzene rings is 1. The third-order valence-electron chi connectivity index (χ3n) is 3.65. The molecular weight excluding hydrogens is 260 g/mol. The van der Waals surface area contributed by atoms with Gasteiger partial charge in [0.15, 0.2) is 0 Å². The fourth-order valence-corrected chi connectivity index (χ4v) is 3.13. The van der Waals surface area contributed by atoms with Gasteiger partial charge in [0.2, 0.25) is 0 Å². The minimum Gasteiger partial charge on any atom is -0.121 e. The summed E-state index contributed by atoms with van der Waals surface area (Å²) < 4.78 is 0. The summed E-state index contributed by atoms with van der Waals surface area (Å²) in [4.78, 5) is 0. The molecule has 1 aliphatic carbocycles. The highest BCUT2D eigenvalue weighted by Crippen LogP contribution is 2.50. The smallest absolute Gasteiger partial charge is 0.00713 e. The van der Waals surface area contributed by atoms with Crippen molar-refractivity contribution < 1.29 is 0 Å². The van der Waals surface area contributed by atoms with Crippen LogP contribution >= 0.6 is 15.9 Å². The molecule has 0 amide bonds. The normalized spacial score (nSPS) is 22.2. The summed E-state index contributed by atoms with van der Waals surface area (Å²) in [6, 6.07) is 10.4. The number of alkyl halides is 1. The van der Waals surface area contributed by atoms with Gasteiger partial charge in [-0.25, -0.2) is 0 Å². The fraction of sp³-hybridized carbons (Fsp3) is 0.400. The van der Waals surface area contributed by atoms with Crippen LogP contribution in [0.3, 0.4) is 0 Å². The second-order valence-electron chi connectivity index (χ2n) is 4.95. The predicted molar refractivity (Wildman–Crippen MR) is 73.6 cm³/mol. The van der Waals surface area contributed by atoms with Crippen molar-refractivity contribution >= 4 is 22.0 Å². The maximum atomic E-state index is 3.57. The molecular formula is C15H17Br.